The standard InChI is InChI=1S/C21H25O6P/c1-21(2)23-14-20(25-21)15-24-28(22,26-18-10-4-3-5-11-18)27-19-12-16-8-6-7-9-17(16)13-19/h3-11,19-20H,12-15H2,1-2H3. The molecule has 1 saturated heterocycles. The molecular formula is C21H25O6P. The maximum absolute atomic E-state index is 13.4. The van der Waals surface area contributed by atoms with E-state index in [1.54, 1.807) is 12.1 Å². The molecule has 0 spiro atoms. The van der Waals surface area contributed by atoms with E-state index in [0.717, 1.165) is 0 Å². The second-order valence-corrected chi connectivity index (χ2v) is 9.05. The first-order valence-corrected chi connectivity index (χ1v) is 10.9. The van der Waals surface area contributed by atoms with Gasteiger partial charge in [0, 0.05) is 0 Å². The summed E-state index contributed by atoms with van der Waals surface area (Å²) in [6.45, 7) is 4.10. The van der Waals surface area contributed by atoms with Gasteiger partial charge in [-0.2, -0.15) is 0 Å². The van der Waals surface area contributed by atoms with Crippen LogP contribution >= 0.6 is 7.82 Å². The molecule has 150 valence electrons. The molecule has 1 heterocycles. The van der Waals surface area contributed by atoms with E-state index < -0.39 is 13.6 Å². The van der Waals surface area contributed by atoms with Crippen molar-refractivity contribution in [3.63, 3.8) is 0 Å². The van der Waals surface area contributed by atoms with Crippen LogP contribution in [0.1, 0.15) is 25.0 Å². The van der Waals surface area contributed by atoms with Gasteiger partial charge in [-0.05, 0) is 49.9 Å². The van der Waals surface area contributed by atoms with Crippen LogP contribution in [0.4, 0.5) is 0 Å². The summed E-state index contributed by atoms with van der Waals surface area (Å²) in [5.74, 6) is -0.239. The molecule has 0 aromatic heterocycles. The van der Waals surface area contributed by atoms with Crippen molar-refractivity contribution in [1.29, 1.82) is 0 Å². The number of hydrogen-bond acceptors (Lipinski definition) is 6. The second-order valence-electron chi connectivity index (χ2n) is 7.50. The Morgan fingerprint density at radius 3 is 2.29 bits per heavy atom. The summed E-state index contributed by atoms with van der Waals surface area (Å²) in [6, 6.07) is 17.0. The lowest BCUT2D eigenvalue weighted by atomic mass is 10.1. The molecule has 0 saturated carbocycles. The number of hydrogen-bond donors (Lipinski definition) is 0. The fourth-order valence-corrected chi connectivity index (χ4v) is 4.88. The molecule has 2 aromatic carbocycles. The first kappa shape index (κ1) is 19.6. The minimum absolute atomic E-state index is 0.0627. The van der Waals surface area contributed by atoms with E-state index >= 15 is 0 Å². The zero-order chi connectivity index (χ0) is 19.6. The number of rotatable bonds is 7. The molecule has 4 rings (SSSR count). The summed E-state index contributed by atoms with van der Waals surface area (Å²) in [7, 11) is -3.85. The summed E-state index contributed by atoms with van der Waals surface area (Å²) in [5.41, 5.74) is 2.40. The predicted octanol–water partition coefficient (Wildman–Crippen LogP) is 4.53. The second kappa shape index (κ2) is 7.97. The Bertz CT molecular complexity index is 828. The highest BCUT2D eigenvalue weighted by atomic mass is 31.2. The highest BCUT2D eigenvalue weighted by molar-refractivity contribution is 7.49. The number of fused-ring (bicyclic) bond motifs is 1. The lowest BCUT2D eigenvalue weighted by molar-refractivity contribution is -0.142. The number of benzene rings is 2. The van der Waals surface area contributed by atoms with Crippen LogP contribution in [0.5, 0.6) is 5.75 Å². The first-order valence-electron chi connectivity index (χ1n) is 9.47. The third-order valence-electron chi connectivity index (χ3n) is 4.74. The van der Waals surface area contributed by atoms with Crippen LogP contribution in [0, 0.1) is 0 Å². The van der Waals surface area contributed by atoms with E-state index in [-0.39, 0.29) is 18.8 Å². The van der Waals surface area contributed by atoms with Crippen LogP contribution in [0.2, 0.25) is 0 Å². The minimum Gasteiger partial charge on any atom is -0.404 e. The van der Waals surface area contributed by atoms with Crippen molar-refractivity contribution in [3.05, 3.63) is 65.7 Å². The fourth-order valence-electron chi connectivity index (χ4n) is 3.48. The van der Waals surface area contributed by atoms with Crippen molar-refractivity contribution in [2.75, 3.05) is 13.2 Å². The normalized spacial score (nSPS) is 23.3. The van der Waals surface area contributed by atoms with Crippen LogP contribution in [-0.2, 0) is 35.9 Å². The highest BCUT2D eigenvalue weighted by Gasteiger charge is 2.39. The van der Waals surface area contributed by atoms with Gasteiger partial charge in [0.05, 0.1) is 19.3 Å². The molecule has 1 aliphatic carbocycles. The average Bonchev–Trinajstić information content (AvgIpc) is 3.22. The number of ether oxygens (including phenoxy) is 2. The van der Waals surface area contributed by atoms with Crippen molar-refractivity contribution in [2.24, 2.45) is 0 Å². The van der Waals surface area contributed by atoms with Crippen LogP contribution in [0.25, 0.3) is 0 Å². The number of phosphoric acid groups is 1. The molecular weight excluding hydrogens is 379 g/mol. The Morgan fingerprint density at radius 1 is 1.04 bits per heavy atom. The maximum atomic E-state index is 13.4. The largest absolute Gasteiger partial charge is 0.530 e. The summed E-state index contributed by atoms with van der Waals surface area (Å²) < 4.78 is 42.0. The third-order valence-corrected chi connectivity index (χ3v) is 6.19. The van der Waals surface area contributed by atoms with Gasteiger partial charge in [0.1, 0.15) is 11.9 Å². The lowest BCUT2D eigenvalue weighted by Crippen LogP contribution is -2.24. The van der Waals surface area contributed by atoms with Gasteiger partial charge >= 0.3 is 7.82 Å². The molecule has 28 heavy (non-hydrogen) atoms. The summed E-state index contributed by atoms with van der Waals surface area (Å²) in [6.07, 6.45) is 0.770. The lowest BCUT2D eigenvalue weighted by Gasteiger charge is -2.23. The van der Waals surface area contributed by atoms with E-state index in [1.165, 1.54) is 11.1 Å². The maximum Gasteiger partial charge on any atom is 0.530 e. The SMILES string of the molecule is CC1(C)OCC(COP(=O)(Oc2ccccc2)OC2Cc3ccccc3C2)O1. The van der Waals surface area contributed by atoms with Crippen molar-refractivity contribution in [3.8, 4) is 5.75 Å². The zero-order valence-electron chi connectivity index (χ0n) is 16.1. The van der Waals surface area contributed by atoms with Crippen molar-refractivity contribution >= 4 is 7.82 Å². The van der Waals surface area contributed by atoms with Gasteiger partial charge in [-0.3, -0.25) is 9.05 Å². The van der Waals surface area contributed by atoms with Crippen LogP contribution in [0.3, 0.4) is 0 Å². The Kier molecular flexibility index (Phi) is 5.59. The monoisotopic (exact) mass is 404 g/mol. The fraction of sp³-hybridized carbons (Fsp3) is 0.429. The molecule has 1 aliphatic heterocycles. The first-order chi connectivity index (χ1) is 13.4. The van der Waals surface area contributed by atoms with E-state index in [1.807, 2.05) is 44.2 Å². The summed E-state index contributed by atoms with van der Waals surface area (Å²) in [5, 5.41) is 0. The summed E-state index contributed by atoms with van der Waals surface area (Å²) in [4.78, 5) is 0. The summed E-state index contributed by atoms with van der Waals surface area (Å²) >= 11 is 0. The quantitative estimate of drug-likeness (QED) is 0.632. The van der Waals surface area contributed by atoms with Crippen molar-refractivity contribution < 1.29 is 27.6 Å². The molecule has 7 heteroatoms. The highest BCUT2D eigenvalue weighted by Crippen LogP contribution is 2.52. The van der Waals surface area contributed by atoms with E-state index in [2.05, 4.69) is 12.1 Å². The smallest absolute Gasteiger partial charge is 0.404 e. The van der Waals surface area contributed by atoms with Gasteiger partial charge in [0.2, 0.25) is 0 Å². The number of phosphoric ester groups is 1. The van der Waals surface area contributed by atoms with Gasteiger partial charge in [0.25, 0.3) is 0 Å². The molecule has 0 bridgehead atoms. The molecule has 2 unspecified atom stereocenters. The van der Waals surface area contributed by atoms with Crippen molar-refractivity contribution in [2.45, 2.75) is 44.7 Å². The molecule has 6 nitrogen and oxygen atoms in total. The van der Waals surface area contributed by atoms with Crippen LogP contribution in [-0.4, -0.2) is 31.2 Å². The average molecular weight is 404 g/mol. The van der Waals surface area contributed by atoms with Crippen LogP contribution in [0.15, 0.2) is 54.6 Å². The molecule has 2 atom stereocenters. The number of para-hydroxylation sites is 1. The topological polar surface area (TPSA) is 63.2 Å². The van der Waals surface area contributed by atoms with Gasteiger partial charge in [-0.25, -0.2) is 4.57 Å². The van der Waals surface area contributed by atoms with Gasteiger partial charge in [0.15, 0.2) is 5.79 Å². The van der Waals surface area contributed by atoms with Crippen molar-refractivity contribution in [1.82, 2.24) is 0 Å². The van der Waals surface area contributed by atoms with E-state index in [9.17, 15) is 4.57 Å². The van der Waals surface area contributed by atoms with Gasteiger partial charge < -0.3 is 14.0 Å². The minimum atomic E-state index is -3.85. The molecule has 2 aliphatic rings. The Balaban J connectivity index is 1.45. The zero-order valence-corrected chi connectivity index (χ0v) is 17.0. The Labute approximate surface area is 165 Å². The molecule has 0 radical (unpaired) electrons. The Hall–Kier alpha value is -1.69. The third kappa shape index (κ3) is 4.83. The molecule has 0 N–H and O–H groups in total. The van der Waals surface area contributed by atoms with E-state index in [0.29, 0.717) is 25.2 Å². The predicted molar refractivity (Wildman–Crippen MR) is 104 cm³/mol. The molecule has 0 amide bonds. The van der Waals surface area contributed by atoms with E-state index in [4.69, 9.17) is 23.0 Å². The Morgan fingerprint density at radius 2 is 1.68 bits per heavy atom. The molecule has 2 aromatic rings. The molecule has 1 fully saturated rings. The van der Waals surface area contributed by atoms with Gasteiger partial charge in [-0.1, -0.05) is 42.5 Å². The van der Waals surface area contributed by atoms with Crippen LogP contribution < -0.4 is 4.52 Å². The van der Waals surface area contributed by atoms with Gasteiger partial charge in [-0.15, -0.1) is 0 Å².